The Balaban J connectivity index is 1.76. The van der Waals surface area contributed by atoms with Crippen LogP contribution in [0.25, 0.3) is 17.4 Å². The lowest BCUT2D eigenvalue weighted by Crippen LogP contribution is -2.34. The molecule has 0 N–H and O–H groups in total. The van der Waals surface area contributed by atoms with E-state index in [2.05, 4.69) is 0 Å². The molecule has 0 unspecified atom stereocenters. The zero-order valence-corrected chi connectivity index (χ0v) is 16.2. The number of carbonyl (C=O) groups excluding carboxylic acids is 2. The average molecular weight is 418 g/mol. The molecule has 1 aliphatic heterocycles. The lowest BCUT2D eigenvalue weighted by Gasteiger charge is -2.12. The highest BCUT2D eigenvalue weighted by Crippen LogP contribution is 2.33. The fraction of sp³-hybridized carbons (Fsp3) is 0.167. The molecule has 0 radical (unpaired) electrons. The molecule has 3 rings (SSSR count). The van der Waals surface area contributed by atoms with Crippen LogP contribution in [-0.2, 0) is 14.3 Å². The third-order valence-corrected chi connectivity index (χ3v) is 5.11. The molecule has 28 heavy (non-hydrogen) atoms. The normalized spacial score (nSPS) is 15.3. The summed E-state index contributed by atoms with van der Waals surface area (Å²) in [5.74, 6) is 0.00276. The summed E-state index contributed by atoms with van der Waals surface area (Å²) in [4.78, 5) is 35.9. The number of benzene rings is 1. The zero-order chi connectivity index (χ0) is 20.3. The van der Waals surface area contributed by atoms with E-state index in [1.54, 1.807) is 37.3 Å². The quantitative estimate of drug-likeness (QED) is 0.230. The number of nitrogens with zero attached hydrogens (tertiary/aromatic N) is 2. The molecule has 0 atom stereocenters. The van der Waals surface area contributed by atoms with Crippen LogP contribution in [0, 0.1) is 10.1 Å². The Morgan fingerprint density at radius 2 is 2.04 bits per heavy atom. The second-order valence-electron chi connectivity index (χ2n) is 5.58. The number of amides is 1. The van der Waals surface area contributed by atoms with Crippen molar-refractivity contribution in [1.82, 2.24) is 4.90 Å². The second kappa shape index (κ2) is 8.36. The van der Waals surface area contributed by atoms with Gasteiger partial charge in [0, 0.05) is 23.8 Å². The van der Waals surface area contributed by atoms with Crippen LogP contribution in [0.2, 0.25) is 0 Å². The van der Waals surface area contributed by atoms with Crippen molar-refractivity contribution in [2.45, 2.75) is 6.92 Å². The summed E-state index contributed by atoms with van der Waals surface area (Å²) in [6, 6.07) is 9.32. The van der Waals surface area contributed by atoms with Crippen LogP contribution >= 0.6 is 24.0 Å². The number of thioether (sulfide) groups is 1. The average Bonchev–Trinajstić information content (AvgIpc) is 3.23. The molecule has 1 amide bonds. The van der Waals surface area contributed by atoms with Crippen molar-refractivity contribution in [2.24, 2.45) is 0 Å². The first-order valence-electron chi connectivity index (χ1n) is 8.14. The zero-order valence-electron chi connectivity index (χ0n) is 14.6. The highest BCUT2D eigenvalue weighted by Gasteiger charge is 2.34. The van der Waals surface area contributed by atoms with E-state index in [4.69, 9.17) is 21.4 Å². The predicted molar refractivity (Wildman–Crippen MR) is 107 cm³/mol. The van der Waals surface area contributed by atoms with Gasteiger partial charge in [0.05, 0.1) is 16.4 Å². The molecule has 2 heterocycles. The van der Waals surface area contributed by atoms with Gasteiger partial charge in [0.25, 0.3) is 11.6 Å². The Kier molecular flexibility index (Phi) is 5.90. The van der Waals surface area contributed by atoms with Gasteiger partial charge in [-0.25, -0.2) is 0 Å². The van der Waals surface area contributed by atoms with Crippen LogP contribution in [0.5, 0.6) is 0 Å². The minimum absolute atomic E-state index is 0.0131. The Morgan fingerprint density at radius 3 is 2.68 bits per heavy atom. The molecule has 8 nitrogen and oxygen atoms in total. The van der Waals surface area contributed by atoms with Gasteiger partial charge in [-0.05, 0) is 31.2 Å². The SMILES string of the molecule is CCOC(=O)CN1C(=O)/C(=C\c2ccc(-c3ccc([N+](=O)[O-])cc3)o2)SC1=S. The summed E-state index contributed by atoms with van der Waals surface area (Å²) in [6.07, 6.45) is 1.54. The molecular formula is C18H14N2O6S2. The Bertz CT molecular complexity index is 980. The van der Waals surface area contributed by atoms with Crippen molar-refractivity contribution in [3.63, 3.8) is 0 Å². The van der Waals surface area contributed by atoms with Gasteiger partial charge in [-0.15, -0.1) is 0 Å². The first-order valence-corrected chi connectivity index (χ1v) is 9.37. The Morgan fingerprint density at radius 1 is 1.32 bits per heavy atom. The van der Waals surface area contributed by atoms with Crippen molar-refractivity contribution >= 4 is 51.9 Å². The number of rotatable bonds is 6. The fourth-order valence-electron chi connectivity index (χ4n) is 2.43. The van der Waals surface area contributed by atoms with Gasteiger partial charge in [-0.2, -0.15) is 0 Å². The van der Waals surface area contributed by atoms with E-state index in [1.165, 1.54) is 17.0 Å². The van der Waals surface area contributed by atoms with Crippen LogP contribution in [0.4, 0.5) is 5.69 Å². The Hall–Kier alpha value is -2.98. The molecule has 1 fully saturated rings. The van der Waals surface area contributed by atoms with Crippen molar-refractivity contribution < 1.29 is 23.7 Å². The molecule has 10 heteroatoms. The number of carbonyl (C=O) groups is 2. The van der Waals surface area contributed by atoms with E-state index in [0.717, 1.165) is 11.8 Å². The first kappa shape index (κ1) is 19.8. The molecule has 1 aliphatic rings. The topological polar surface area (TPSA) is 103 Å². The number of hydrogen-bond donors (Lipinski definition) is 0. The van der Waals surface area contributed by atoms with Gasteiger partial charge >= 0.3 is 5.97 Å². The summed E-state index contributed by atoms with van der Waals surface area (Å²) in [5, 5.41) is 10.7. The summed E-state index contributed by atoms with van der Waals surface area (Å²) in [7, 11) is 0. The Labute approximate surface area is 169 Å². The molecule has 1 aromatic carbocycles. The predicted octanol–water partition coefficient (Wildman–Crippen LogP) is 3.62. The minimum Gasteiger partial charge on any atom is -0.465 e. The largest absolute Gasteiger partial charge is 0.465 e. The van der Waals surface area contributed by atoms with E-state index < -0.39 is 16.8 Å². The first-order chi connectivity index (χ1) is 13.4. The van der Waals surface area contributed by atoms with Crippen molar-refractivity contribution in [3.8, 4) is 11.3 Å². The molecule has 0 spiro atoms. The lowest BCUT2D eigenvalue weighted by atomic mass is 10.1. The number of thiocarbonyl (C=S) groups is 1. The number of ether oxygens (including phenoxy) is 1. The number of nitro groups is 1. The van der Waals surface area contributed by atoms with E-state index in [-0.39, 0.29) is 23.2 Å². The minimum atomic E-state index is -0.529. The number of nitro benzene ring substituents is 1. The van der Waals surface area contributed by atoms with Crippen LogP contribution in [0.3, 0.4) is 0 Å². The molecule has 0 aliphatic carbocycles. The maximum Gasteiger partial charge on any atom is 0.326 e. The maximum absolute atomic E-state index is 12.5. The summed E-state index contributed by atoms with van der Waals surface area (Å²) >= 11 is 6.24. The summed E-state index contributed by atoms with van der Waals surface area (Å²) in [6.45, 7) is 1.67. The summed E-state index contributed by atoms with van der Waals surface area (Å²) in [5.41, 5.74) is 0.654. The third-order valence-electron chi connectivity index (χ3n) is 3.73. The van der Waals surface area contributed by atoms with Gasteiger partial charge in [0.15, 0.2) is 0 Å². The number of furan rings is 1. The van der Waals surface area contributed by atoms with E-state index in [0.29, 0.717) is 22.0 Å². The lowest BCUT2D eigenvalue weighted by molar-refractivity contribution is -0.384. The third kappa shape index (κ3) is 4.29. The van der Waals surface area contributed by atoms with E-state index >= 15 is 0 Å². The molecule has 1 saturated heterocycles. The molecule has 1 aromatic heterocycles. The van der Waals surface area contributed by atoms with Crippen molar-refractivity contribution in [1.29, 1.82) is 0 Å². The van der Waals surface area contributed by atoms with Gasteiger partial charge in [0.1, 0.15) is 22.4 Å². The molecule has 0 saturated carbocycles. The molecule has 0 bridgehead atoms. The second-order valence-corrected chi connectivity index (χ2v) is 7.25. The van der Waals surface area contributed by atoms with Gasteiger partial charge in [0.2, 0.25) is 0 Å². The van der Waals surface area contributed by atoms with Gasteiger partial charge < -0.3 is 9.15 Å². The van der Waals surface area contributed by atoms with Crippen molar-refractivity contribution in [3.05, 3.63) is 57.2 Å². The van der Waals surface area contributed by atoms with Gasteiger partial charge in [-0.1, -0.05) is 24.0 Å². The monoisotopic (exact) mass is 418 g/mol. The molecule has 144 valence electrons. The number of hydrogen-bond acceptors (Lipinski definition) is 8. The number of non-ortho nitro benzene ring substituents is 1. The molecule has 2 aromatic rings. The standard InChI is InChI=1S/C18H14N2O6S2/c1-2-25-16(21)10-19-17(22)15(28-18(19)27)9-13-7-8-14(26-13)11-3-5-12(6-4-11)20(23)24/h3-9H,2,10H2,1H3/b15-9+. The molecular weight excluding hydrogens is 404 g/mol. The van der Waals surface area contributed by atoms with Gasteiger partial charge in [-0.3, -0.25) is 24.6 Å². The fourth-order valence-corrected chi connectivity index (χ4v) is 3.67. The highest BCUT2D eigenvalue weighted by atomic mass is 32.2. The van der Waals surface area contributed by atoms with Crippen LogP contribution in [-0.4, -0.2) is 39.2 Å². The maximum atomic E-state index is 12.5. The van der Waals surface area contributed by atoms with Crippen LogP contribution in [0.1, 0.15) is 12.7 Å². The van der Waals surface area contributed by atoms with Crippen LogP contribution < -0.4 is 0 Å². The van der Waals surface area contributed by atoms with E-state index in [1.807, 2.05) is 0 Å². The van der Waals surface area contributed by atoms with Crippen molar-refractivity contribution in [2.75, 3.05) is 13.2 Å². The smallest absolute Gasteiger partial charge is 0.326 e. The summed E-state index contributed by atoms with van der Waals surface area (Å²) < 4.78 is 10.8. The van der Waals surface area contributed by atoms with E-state index in [9.17, 15) is 19.7 Å². The van der Waals surface area contributed by atoms with Crippen LogP contribution in [0.15, 0.2) is 45.7 Å². The highest BCUT2D eigenvalue weighted by molar-refractivity contribution is 8.26. The number of esters is 1.